The maximum absolute atomic E-state index is 11.7. The summed E-state index contributed by atoms with van der Waals surface area (Å²) in [6.07, 6.45) is -19.0. The van der Waals surface area contributed by atoms with Crippen molar-refractivity contribution >= 4 is 0 Å². The Morgan fingerprint density at radius 1 is 0.652 bits per heavy atom. The van der Waals surface area contributed by atoms with Crippen LogP contribution in [0.25, 0.3) is 0 Å². The van der Waals surface area contributed by atoms with Crippen LogP contribution in [-0.2, 0) is 28.4 Å². The fourth-order valence-electron chi connectivity index (χ4n) is 15.6. The Hall–Kier alpha value is -0.760. The van der Waals surface area contributed by atoms with Crippen molar-refractivity contribution in [2.45, 2.75) is 228 Å². The molecule has 5 aliphatic carbocycles. The molecule has 8 rings (SSSR count). The van der Waals surface area contributed by atoms with E-state index >= 15 is 0 Å². The molecule has 0 radical (unpaired) electrons. The molecular weight excluding hydrogens is 868 g/mol. The van der Waals surface area contributed by atoms with Crippen molar-refractivity contribution in [1.29, 1.82) is 0 Å². The van der Waals surface area contributed by atoms with E-state index in [4.69, 9.17) is 28.4 Å². The van der Waals surface area contributed by atoms with E-state index in [1.54, 1.807) is 0 Å². The van der Waals surface area contributed by atoms with Gasteiger partial charge in [-0.05, 0) is 124 Å². The third-order valence-corrected chi connectivity index (χ3v) is 19.5. The largest absolute Gasteiger partial charge is 0.394 e. The van der Waals surface area contributed by atoms with Gasteiger partial charge in [-0.25, -0.2) is 0 Å². The second kappa shape index (κ2) is 17.8. The normalized spacial score (nSPS) is 53.7. The molecule has 0 aromatic rings. The van der Waals surface area contributed by atoms with Gasteiger partial charge >= 0.3 is 0 Å². The highest BCUT2D eigenvalue weighted by molar-refractivity contribution is 5.32. The third-order valence-electron chi connectivity index (χ3n) is 19.5. The first-order valence-corrected chi connectivity index (χ1v) is 24.3. The lowest BCUT2D eigenvalue weighted by atomic mass is 9.41. The molecule has 2 spiro atoms. The van der Waals surface area contributed by atoms with Crippen molar-refractivity contribution in [1.82, 2.24) is 0 Å². The van der Waals surface area contributed by atoms with E-state index in [0.29, 0.717) is 18.8 Å². The summed E-state index contributed by atoms with van der Waals surface area (Å²) in [6, 6.07) is 0. The SMILES string of the molecule is CC(C)(O)C(O)CCC(C)(OC1OCC(O)C(O)C1O)C1C(OC2OC(CO)C(O)C(O)C2OC2OC(CO)C(O)C(O)C2O)CC2(C)C3CCC4C(C)(C)C(O)CCC45CC35CCC12C. The van der Waals surface area contributed by atoms with E-state index in [1.807, 2.05) is 6.92 Å². The van der Waals surface area contributed by atoms with Crippen LogP contribution in [0.4, 0.5) is 0 Å². The first kappa shape index (κ1) is 51.6. The van der Waals surface area contributed by atoms with Crippen molar-refractivity contribution < 1.29 is 94.8 Å². The minimum atomic E-state index is -1.89. The summed E-state index contributed by atoms with van der Waals surface area (Å²) in [7, 11) is 0. The minimum Gasteiger partial charge on any atom is -0.394 e. The lowest BCUT2D eigenvalue weighted by molar-refractivity contribution is -0.376. The summed E-state index contributed by atoms with van der Waals surface area (Å²) >= 11 is 0. The van der Waals surface area contributed by atoms with Gasteiger partial charge in [0.1, 0.15) is 67.1 Å². The monoisotopic (exact) mass is 949 g/mol. The molecule has 3 heterocycles. The predicted molar refractivity (Wildman–Crippen MR) is 228 cm³/mol. The van der Waals surface area contributed by atoms with Crippen LogP contribution in [0.3, 0.4) is 0 Å². The van der Waals surface area contributed by atoms with Crippen LogP contribution in [0, 0.1) is 44.8 Å². The summed E-state index contributed by atoms with van der Waals surface area (Å²) in [5.74, 6) is -0.204. The van der Waals surface area contributed by atoms with E-state index < -0.39 is 145 Å². The molecule has 0 aromatic carbocycles. The molecule has 25 unspecified atom stereocenters. The lowest BCUT2D eigenvalue weighted by Gasteiger charge is -2.64. The quantitative estimate of drug-likeness (QED) is 0.100. The van der Waals surface area contributed by atoms with Crippen LogP contribution in [0.1, 0.15) is 113 Å². The summed E-state index contributed by atoms with van der Waals surface area (Å²) < 4.78 is 38.0. The summed E-state index contributed by atoms with van der Waals surface area (Å²) in [4.78, 5) is 0. The first-order chi connectivity index (χ1) is 30.7. The van der Waals surface area contributed by atoms with Crippen molar-refractivity contribution in [3.8, 4) is 0 Å². The molecule has 66 heavy (non-hydrogen) atoms. The molecular formula is C47H80O19. The number of aliphatic hydroxyl groups excluding tert-OH is 12. The highest BCUT2D eigenvalue weighted by Gasteiger charge is 2.83. The third kappa shape index (κ3) is 7.89. The Morgan fingerprint density at radius 2 is 1.24 bits per heavy atom. The fourth-order valence-corrected chi connectivity index (χ4v) is 15.6. The molecule has 382 valence electrons. The molecule has 25 atom stereocenters. The number of ether oxygens (including phenoxy) is 6. The van der Waals surface area contributed by atoms with Gasteiger partial charge in [0.25, 0.3) is 0 Å². The Morgan fingerprint density at radius 3 is 1.88 bits per heavy atom. The van der Waals surface area contributed by atoms with Gasteiger partial charge in [0.2, 0.25) is 0 Å². The van der Waals surface area contributed by atoms with Gasteiger partial charge < -0.3 is 94.8 Å². The van der Waals surface area contributed by atoms with E-state index in [9.17, 15) is 66.4 Å². The molecule has 0 amide bonds. The molecule has 8 fully saturated rings. The van der Waals surface area contributed by atoms with Crippen molar-refractivity contribution in [3.05, 3.63) is 0 Å². The van der Waals surface area contributed by atoms with Gasteiger partial charge in [-0.3, -0.25) is 0 Å². The average Bonchev–Trinajstić information content (AvgIpc) is 3.86. The second-order valence-corrected chi connectivity index (χ2v) is 23.6. The lowest BCUT2D eigenvalue weighted by Crippen LogP contribution is -2.65. The molecule has 0 aromatic heterocycles. The van der Waals surface area contributed by atoms with Crippen LogP contribution in [0.2, 0.25) is 0 Å². The van der Waals surface area contributed by atoms with Crippen LogP contribution in [0.15, 0.2) is 0 Å². The van der Waals surface area contributed by atoms with E-state index in [1.165, 1.54) is 13.8 Å². The Labute approximate surface area is 386 Å². The summed E-state index contributed by atoms with van der Waals surface area (Å²) in [5.41, 5.74) is -4.40. The maximum atomic E-state index is 11.7. The Bertz CT molecular complexity index is 1720. The minimum absolute atomic E-state index is 0.000158. The summed E-state index contributed by atoms with van der Waals surface area (Å²) in [6.45, 7) is 11.8. The number of hydrogen-bond donors (Lipinski definition) is 13. The molecule has 3 saturated heterocycles. The summed E-state index contributed by atoms with van der Waals surface area (Å²) in [5, 5.41) is 142. The van der Waals surface area contributed by atoms with Gasteiger partial charge in [-0.15, -0.1) is 0 Å². The van der Waals surface area contributed by atoms with Gasteiger partial charge in [-0.1, -0.05) is 27.7 Å². The van der Waals surface area contributed by atoms with E-state index in [0.717, 1.165) is 38.5 Å². The second-order valence-electron chi connectivity index (χ2n) is 23.6. The number of hydrogen-bond acceptors (Lipinski definition) is 19. The zero-order chi connectivity index (χ0) is 48.5. The highest BCUT2D eigenvalue weighted by atomic mass is 16.8. The van der Waals surface area contributed by atoms with Crippen molar-refractivity contribution in [2.24, 2.45) is 44.8 Å². The maximum Gasteiger partial charge on any atom is 0.187 e. The first-order valence-electron chi connectivity index (χ1n) is 24.3. The van der Waals surface area contributed by atoms with Crippen LogP contribution < -0.4 is 0 Å². The van der Waals surface area contributed by atoms with Crippen molar-refractivity contribution in [2.75, 3.05) is 19.8 Å². The number of fused-ring (bicyclic) bond motifs is 2. The molecule has 19 heteroatoms. The molecule has 0 bridgehead atoms. The van der Waals surface area contributed by atoms with E-state index in [-0.39, 0.29) is 41.6 Å². The van der Waals surface area contributed by atoms with Gasteiger partial charge in [0, 0.05) is 5.92 Å². The molecule has 19 nitrogen and oxygen atoms in total. The molecule has 3 aliphatic heterocycles. The molecule has 13 N–H and O–H groups in total. The predicted octanol–water partition coefficient (Wildman–Crippen LogP) is -1.47. The standard InChI is InChI=1S/C47H80O19/c1-41(2)25-8-9-26-44(6)16-22(62-40-36(33(57)31(55)24(18-49)64-40)65-39-35(59)32(56)30(54)23(17-48)63-39)37(43(44,5)14-15-47(26)20-46(25,47)13-11-27(41)51)45(7,12-10-28(52)42(3,4)60)66-38-34(58)29(53)21(50)19-61-38/h21-40,48-60H,8-20H2,1-7H3. The molecule has 8 aliphatic rings. The van der Waals surface area contributed by atoms with Gasteiger partial charge in [0.05, 0.1) is 49.3 Å². The fraction of sp³-hybridized carbons (Fsp3) is 1.00. The Kier molecular flexibility index (Phi) is 13.9. The smallest absolute Gasteiger partial charge is 0.187 e. The zero-order valence-electron chi connectivity index (χ0n) is 39.5. The average molecular weight is 949 g/mol. The topological polar surface area (TPSA) is 318 Å². The highest BCUT2D eigenvalue weighted by Crippen LogP contribution is 2.89. The molecule has 5 saturated carbocycles. The van der Waals surface area contributed by atoms with Gasteiger partial charge in [-0.2, -0.15) is 0 Å². The van der Waals surface area contributed by atoms with E-state index in [2.05, 4.69) is 27.7 Å². The van der Waals surface area contributed by atoms with Crippen LogP contribution in [-0.4, -0.2) is 202 Å². The van der Waals surface area contributed by atoms with Gasteiger partial charge in [0.15, 0.2) is 18.9 Å². The zero-order valence-corrected chi connectivity index (χ0v) is 39.5. The van der Waals surface area contributed by atoms with Crippen LogP contribution in [0.5, 0.6) is 0 Å². The number of rotatable bonds is 13. The Balaban J connectivity index is 1.22. The number of aliphatic hydroxyl groups is 13. The van der Waals surface area contributed by atoms with Crippen LogP contribution >= 0.6 is 0 Å². The van der Waals surface area contributed by atoms with Crippen molar-refractivity contribution in [3.63, 3.8) is 0 Å².